The standard InChI is InChI=1S/C17H15NO2/c19-16(18-14-9-2-1-3-10-14)17(20)12-6-8-13-7-4-5-11-15(13)17/h1-11,20H,12H2,(H,18,19). The van der Waals surface area contributed by atoms with E-state index in [1.807, 2.05) is 48.6 Å². The van der Waals surface area contributed by atoms with Gasteiger partial charge < -0.3 is 10.4 Å². The molecule has 1 atom stereocenters. The number of hydrogen-bond donors (Lipinski definition) is 2. The number of hydrogen-bond acceptors (Lipinski definition) is 2. The molecular weight excluding hydrogens is 250 g/mol. The number of carbonyl (C=O) groups excluding carboxylic acids is 1. The van der Waals surface area contributed by atoms with Gasteiger partial charge in [-0.2, -0.15) is 0 Å². The van der Waals surface area contributed by atoms with E-state index in [1.165, 1.54) is 0 Å². The molecule has 0 spiro atoms. The lowest BCUT2D eigenvalue weighted by Gasteiger charge is -2.30. The molecule has 1 unspecified atom stereocenters. The lowest BCUT2D eigenvalue weighted by molar-refractivity contribution is -0.134. The molecule has 0 bridgehead atoms. The number of fused-ring (bicyclic) bond motifs is 1. The second-order valence-corrected chi connectivity index (χ2v) is 4.87. The van der Waals surface area contributed by atoms with Crippen LogP contribution in [0.2, 0.25) is 0 Å². The van der Waals surface area contributed by atoms with E-state index in [1.54, 1.807) is 18.2 Å². The van der Waals surface area contributed by atoms with Crippen LogP contribution in [0.3, 0.4) is 0 Å². The van der Waals surface area contributed by atoms with Crippen LogP contribution in [0.15, 0.2) is 60.7 Å². The van der Waals surface area contributed by atoms with Gasteiger partial charge in [0.25, 0.3) is 5.91 Å². The zero-order chi connectivity index (χ0) is 14.0. The van der Waals surface area contributed by atoms with Gasteiger partial charge in [-0.1, -0.05) is 54.6 Å². The maximum atomic E-state index is 12.5. The van der Waals surface area contributed by atoms with Gasteiger partial charge in [0.15, 0.2) is 5.60 Å². The third kappa shape index (κ3) is 2.12. The number of rotatable bonds is 2. The van der Waals surface area contributed by atoms with Crippen molar-refractivity contribution in [2.45, 2.75) is 12.0 Å². The van der Waals surface area contributed by atoms with Crippen molar-refractivity contribution in [2.75, 3.05) is 5.32 Å². The molecule has 3 heteroatoms. The highest BCUT2D eigenvalue weighted by atomic mass is 16.3. The van der Waals surface area contributed by atoms with Gasteiger partial charge in [0.2, 0.25) is 0 Å². The van der Waals surface area contributed by atoms with E-state index >= 15 is 0 Å². The zero-order valence-electron chi connectivity index (χ0n) is 10.9. The molecule has 3 rings (SSSR count). The maximum Gasteiger partial charge on any atom is 0.261 e. The van der Waals surface area contributed by atoms with E-state index < -0.39 is 11.5 Å². The molecule has 3 nitrogen and oxygen atoms in total. The largest absolute Gasteiger partial charge is 0.375 e. The summed E-state index contributed by atoms with van der Waals surface area (Å²) < 4.78 is 0. The highest BCUT2D eigenvalue weighted by molar-refractivity contribution is 5.99. The Labute approximate surface area is 117 Å². The van der Waals surface area contributed by atoms with Crippen LogP contribution < -0.4 is 5.32 Å². The van der Waals surface area contributed by atoms with E-state index in [-0.39, 0.29) is 6.42 Å². The summed E-state index contributed by atoms with van der Waals surface area (Å²) in [4.78, 5) is 12.5. The predicted molar refractivity (Wildman–Crippen MR) is 79.1 cm³/mol. The number of amides is 1. The van der Waals surface area contributed by atoms with E-state index in [9.17, 15) is 9.90 Å². The summed E-state index contributed by atoms with van der Waals surface area (Å²) in [7, 11) is 0. The van der Waals surface area contributed by atoms with E-state index in [2.05, 4.69) is 5.32 Å². The fourth-order valence-electron chi connectivity index (χ4n) is 2.46. The van der Waals surface area contributed by atoms with Crippen LogP contribution in [0.4, 0.5) is 5.69 Å². The van der Waals surface area contributed by atoms with Crippen LogP contribution in [-0.4, -0.2) is 11.0 Å². The molecule has 1 amide bonds. The summed E-state index contributed by atoms with van der Waals surface area (Å²) in [6.07, 6.45) is 4.04. The van der Waals surface area contributed by atoms with Crippen molar-refractivity contribution in [3.05, 3.63) is 71.8 Å². The average Bonchev–Trinajstić information content (AvgIpc) is 2.49. The van der Waals surface area contributed by atoms with Gasteiger partial charge in [0.1, 0.15) is 0 Å². The van der Waals surface area contributed by atoms with Crippen LogP contribution in [0.1, 0.15) is 17.5 Å². The molecule has 1 aliphatic carbocycles. The SMILES string of the molecule is O=C(Nc1ccccc1)C1(O)CC=Cc2ccccc21. The molecule has 2 N–H and O–H groups in total. The molecule has 0 aliphatic heterocycles. The van der Waals surface area contributed by atoms with Crippen LogP contribution in [0.5, 0.6) is 0 Å². The molecule has 100 valence electrons. The summed E-state index contributed by atoms with van der Waals surface area (Å²) in [6.45, 7) is 0. The Bertz CT molecular complexity index is 664. The second-order valence-electron chi connectivity index (χ2n) is 4.87. The molecule has 2 aromatic carbocycles. The second kappa shape index (κ2) is 4.94. The van der Waals surface area contributed by atoms with Crippen LogP contribution in [0, 0.1) is 0 Å². The molecule has 0 heterocycles. The van der Waals surface area contributed by atoms with Crippen molar-refractivity contribution < 1.29 is 9.90 Å². The molecule has 20 heavy (non-hydrogen) atoms. The molecule has 0 aromatic heterocycles. The maximum absolute atomic E-state index is 12.5. The Balaban J connectivity index is 1.93. The molecule has 0 saturated heterocycles. The topological polar surface area (TPSA) is 49.3 Å². The molecule has 1 aliphatic rings. The Kier molecular flexibility index (Phi) is 3.12. The number of para-hydroxylation sites is 1. The van der Waals surface area contributed by atoms with Crippen molar-refractivity contribution in [1.29, 1.82) is 0 Å². The lowest BCUT2D eigenvalue weighted by Crippen LogP contribution is -2.41. The van der Waals surface area contributed by atoms with Crippen molar-refractivity contribution in [3.8, 4) is 0 Å². The fraction of sp³-hybridized carbons (Fsp3) is 0.118. The minimum atomic E-state index is -1.51. The number of anilines is 1. The third-order valence-corrected chi connectivity index (χ3v) is 3.52. The minimum Gasteiger partial charge on any atom is -0.375 e. The Morgan fingerprint density at radius 1 is 1.05 bits per heavy atom. The van der Waals surface area contributed by atoms with Crippen LogP contribution in [-0.2, 0) is 10.4 Å². The van der Waals surface area contributed by atoms with Crippen molar-refractivity contribution in [1.82, 2.24) is 0 Å². The van der Waals surface area contributed by atoms with Crippen LogP contribution >= 0.6 is 0 Å². The van der Waals surface area contributed by atoms with Gasteiger partial charge in [-0.3, -0.25) is 4.79 Å². The fourth-order valence-corrected chi connectivity index (χ4v) is 2.46. The molecule has 2 aromatic rings. The first-order valence-electron chi connectivity index (χ1n) is 6.55. The number of carbonyl (C=O) groups is 1. The highest BCUT2D eigenvalue weighted by Gasteiger charge is 2.39. The van der Waals surface area contributed by atoms with Gasteiger partial charge in [0.05, 0.1) is 0 Å². The van der Waals surface area contributed by atoms with Crippen molar-refractivity contribution in [3.63, 3.8) is 0 Å². The zero-order valence-corrected chi connectivity index (χ0v) is 10.9. The summed E-state index contributed by atoms with van der Waals surface area (Å²) in [6, 6.07) is 16.6. The van der Waals surface area contributed by atoms with E-state index in [0.717, 1.165) is 5.56 Å². The molecular formula is C17H15NO2. The first-order chi connectivity index (χ1) is 9.70. The Morgan fingerprint density at radius 2 is 1.75 bits per heavy atom. The quantitative estimate of drug-likeness (QED) is 0.877. The van der Waals surface area contributed by atoms with Gasteiger partial charge >= 0.3 is 0 Å². The first kappa shape index (κ1) is 12.6. The normalized spacial score (nSPS) is 20.2. The van der Waals surface area contributed by atoms with Gasteiger partial charge in [-0.05, 0) is 17.7 Å². The number of aliphatic hydroxyl groups is 1. The van der Waals surface area contributed by atoms with Crippen molar-refractivity contribution in [2.24, 2.45) is 0 Å². The van der Waals surface area contributed by atoms with E-state index in [0.29, 0.717) is 11.3 Å². The monoisotopic (exact) mass is 265 g/mol. The summed E-state index contributed by atoms with van der Waals surface area (Å²) in [5.41, 5.74) is 0.694. The Morgan fingerprint density at radius 3 is 2.55 bits per heavy atom. The van der Waals surface area contributed by atoms with Crippen LogP contribution in [0.25, 0.3) is 6.08 Å². The van der Waals surface area contributed by atoms with Crippen molar-refractivity contribution >= 4 is 17.7 Å². The number of nitrogens with one attached hydrogen (secondary N) is 1. The predicted octanol–water partition coefficient (Wildman–Crippen LogP) is 2.93. The first-order valence-corrected chi connectivity index (χ1v) is 6.55. The number of benzene rings is 2. The Hall–Kier alpha value is -2.39. The third-order valence-electron chi connectivity index (χ3n) is 3.52. The summed E-state index contributed by atoms with van der Waals surface area (Å²) in [5.74, 6) is -0.402. The highest BCUT2D eigenvalue weighted by Crippen LogP contribution is 2.34. The molecule has 0 saturated carbocycles. The smallest absolute Gasteiger partial charge is 0.261 e. The summed E-state index contributed by atoms with van der Waals surface area (Å²) in [5, 5.41) is 13.6. The minimum absolute atomic E-state index is 0.280. The van der Waals surface area contributed by atoms with Gasteiger partial charge in [0, 0.05) is 17.7 Å². The summed E-state index contributed by atoms with van der Waals surface area (Å²) >= 11 is 0. The molecule has 0 fully saturated rings. The average molecular weight is 265 g/mol. The van der Waals surface area contributed by atoms with E-state index in [4.69, 9.17) is 0 Å². The lowest BCUT2D eigenvalue weighted by atomic mass is 9.82. The van der Waals surface area contributed by atoms with Gasteiger partial charge in [-0.25, -0.2) is 0 Å². The molecule has 0 radical (unpaired) electrons. The van der Waals surface area contributed by atoms with Gasteiger partial charge in [-0.15, -0.1) is 0 Å².